The molecule has 0 aliphatic rings. The lowest BCUT2D eigenvalue weighted by Crippen LogP contribution is -2.10. The van der Waals surface area contributed by atoms with Gasteiger partial charge in [-0.15, -0.1) is 0 Å². The van der Waals surface area contributed by atoms with Gasteiger partial charge >= 0.3 is 0 Å². The van der Waals surface area contributed by atoms with Crippen LogP contribution in [0.5, 0.6) is 0 Å². The van der Waals surface area contributed by atoms with E-state index in [1.54, 1.807) is 11.3 Å². The van der Waals surface area contributed by atoms with E-state index in [0.717, 1.165) is 17.1 Å². The number of rotatable bonds is 2. The Morgan fingerprint density at radius 3 is 2.57 bits per heavy atom. The van der Waals surface area contributed by atoms with Gasteiger partial charge in [0.25, 0.3) is 0 Å². The monoisotopic (exact) mass is 207 g/mol. The van der Waals surface area contributed by atoms with Crippen LogP contribution in [0.25, 0.3) is 0 Å². The van der Waals surface area contributed by atoms with Gasteiger partial charge in [-0.05, 0) is 47.9 Å². The van der Waals surface area contributed by atoms with E-state index in [1.807, 2.05) is 19.1 Å². The van der Waals surface area contributed by atoms with Crippen molar-refractivity contribution in [1.82, 2.24) is 0 Å². The molecule has 0 aromatic carbocycles. The molecule has 0 spiro atoms. The van der Waals surface area contributed by atoms with Crippen LogP contribution in [0, 0.1) is 13.8 Å². The maximum atomic E-state index is 6.09. The fourth-order valence-corrected chi connectivity index (χ4v) is 2.35. The summed E-state index contributed by atoms with van der Waals surface area (Å²) in [6, 6.07) is 3.75. The molecule has 2 N–H and O–H groups in total. The van der Waals surface area contributed by atoms with E-state index in [0.29, 0.717) is 0 Å². The molecular formula is C11H13NOS. The van der Waals surface area contributed by atoms with E-state index >= 15 is 0 Å². The van der Waals surface area contributed by atoms with E-state index in [4.69, 9.17) is 10.2 Å². The highest BCUT2D eigenvalue weighted by atomic mass is 32.1. The number of hydrogen-bond donors (Lipinski definition) is 1. The smallest absolute Gasteiger partial charge is 0.125 e. The van der Waals surface area contributed by atoms with Gasteiger partial charge in [0.05, 0.1) is 6.04 Å². The van der Waals surface area contributed by atoms with E-state index in [2.05, 4.69) is 17.7 Å². The molecule has 0 saturated heterocycles. The minimum Gasteiger partial charge on any atom is -0.464 e. The van der Waals surface area contributed by atoms with Gasteiger partial charge in [-0.25, -0.2) is 0 Å². The number of thiophene rings is 1. The number of aryl methyl sites for hydroxylation is 2. The molecule has 0 saturated carbocycles. The molecule has 0 aliphatic heterocycles. The van der Waals surface area contributed by atoms with Crippen LogP contribution >= 0.6 is 11.3 Å². The Labute approximate surface area is 87.4 Å². The van der Waals surface area contributed by atoms with Crippen molar-refractivity contribution in [3.8, 4) is 0 Å². The zero-order valence-corrected chi connectivity index (χ0v) is 9.10. The molecule has 2 rings (SSSR count). The van der Waals surface area contributed by atoms with E-state index < -0.39 is 0 Å². The summed E-state index contributed by atoms with van der Waals surface area (Å²) in [6.45, 7) is 4.00. The van der Waals surface area contributed by atoms with E-state index in [-0.39, 0.29) is 6.04 Å². The van der Waals surface area contributed by atoms with E-state index in [9.17, 15) is 0 Å². The maximum absolute atomic E-state index is 6.09. The largest absolute Gasteiger partial charge is 0.464 e. The summed E-state index contributed by atoms with van der Waals surface area (Å²) in [5, 5.41) is 4.18. The SMILES string of the molecule is Cc1ccc(C(N)c2cscc2C)o1. The van der Waals surface area contributed by atoms with E-state index in [1.165, 1.54) is 5.56 Å². The lowest BCUT2D eigenvalue weighted by molar-refractivity contribution is 0.466. The third-order valence-corrected chi connectivity index (χ3v) is 3.18. The molecule has 2 heterocycles. The fourth-order valence-electron chi connectivity index (χ4n) is 1.46. The number of hydrogen-bond acceptors (Lipinski definition) is 3. The Hall–Kier alpha value is -1.06. The number of nitrogens with two attached hydrogens (primary N) is 1. The molecule has 14 heavy (non-hydrogen) atoms. The van der Waals surface area contributed by atoms with Crippen molar-refractivity contribution in [3.63, 3.8) is 0 Å². The molecule has 1 unspecified atom stereocenters. The standard InChI is InChI=1S/C11H13NOS/c1-7-5-14-6-9(7)11(12)10-4-3-8(2)13-10/h3-6,11H,12H2,1-2H3. The first-order chi connectivity index (χ1) is 6.68. The second-order valence-electron chi connectivity index (χ2n) is 3.44. The third kappa shape index (κ3) is 1.61. The molecule has 0 bridgehead atoms. The average Bonchev–Trinajstić information content (AvgIpc) is 2.73. The Balaban J connectivity index is 2.33. The van der Waals surface area contributed by atoms with Gasteiger partial charge in [0.15, 0.2) is 0 Å². The third-order valence-electron chi connectivity index (χ3n) is 2.30. The van der Waals surface area contributed by atoms with Gasteiger partial charge < -0.3 is 10.2 Å². The summed E-state index contributed by atoms with van der Waals surface area (Å²) in [4.78, 5) is 0. The van der Waals surface area contributed by atoms with Crippen molar-refractivity contribution in [1.29, 1.82) is 0 Å². The van der Waals surface area contributed by atoms with Gasteiger partial charge in [0.2, 0.25) is 0 Å². The molecular weight excluding hydrogens is 194 g/mol. The Morgan fingerprint density at radius 2 is 2.07 bits per heavy atom. The molecule has 0 radical (unpaired) electrons. The van der Waals surface area contributed by atoms with Gasteiger partial charge in [-0.1, -0.05) is 0 Å². The summed E-state index contributed by atoms with van der Waals surface area (Å²) in [5.41, 5.74) is 8.48. The first-order valence-corrected chi connectivity index (χ1v) is 5.47. The lowest BCUT2D eigenvalue weighted by atomic mass is 10.1. The van der Waals surface area contributed by atoms with Gasteiger partial charge in [0, 0.05) is 0 Å². The predicted molar refractivity (Wildman–Crippen MR) is 58.5 cm³/mol. The molecule has 1 atom stereocenters. The Morgan fingerprint density at radius 1 is 1.29 bits per heavy atom. The van der Waals surface area contributed by atoms with Crippen molar-refractivity contribution >= 4 is 11.3 Å². The normalized spacial score (nSPS) is 13.1. The molecule has 0 amide bonds. The second-order valence-corrected chi connectivity index (χ2v) is 4.18. The molecule has 0 aliphatic carbocycles. The van der Waals surface area contributed by atoms with Crippen LogP contribution in [0.2, 0.25) is 0 Å². The second kappa shape index (κ2) is 3.59. The van der Waals surface area contributed by atoms with Gasteiger partial charge in [0.1, 0.15) is 11.5 Å². The van der Waals surface area contributed by atoms with Crippen molar-refractivity contribution in [2.45, 2.75) is 19.9 Å². The van der Waals surface area contributed by atoms with Crippen LogP contribution in [-0.2, 0) is 0 Å². The highest BCUT2D eigenvalue weighted by Crippen LogP contribution is 2.26. The van der Waals surface area contributed by atoms with Crippen LogP contribution in [0.4, 0.5) is 0 Å². The zero-order valence-electron chi connectivity index (χ0n) is 8.28. The summed E-state index contributed by atoms with van der Waals surface area (Å²) in [7, 11) is 0. The summed E-state index contributed by atoms with van der Waals surface area (Å²) < 4.78 is 5.50. The molecule has 3 heteroatoms. The van der Waals surface area contributed by atoms with Crippen molar-refractivity contribution in [2.24, 2.45) is 5.73 Å². The predicted octanol–water partition coefficient (Wildman–Crippen LogP) is 3.01. The first-order valence-electron chi connectivity index (χ1n) is 4.53. The van der Waals surface area contributed by atoms with Gasteiger partial charge in [-0.3, -0.25) is 0 Å². The summed E-state index contributed by atoms with van der Waals surface area (Å²) in [5.74, 6) is 1.74. The molecule has 74 valence electrons. The summed E-state index contributed by atoms with van der Waals surface area (Å²) in [6.07, 6.45) is 0. The maximum Gasteiger partial charge on any atom is 0.125 e. The van der Waals surface area contributed by atoms with Crippen LogP contribution < -0.4 is 5.73 Å². The fraction of sp³-hybridized carbons (Fsp3) is 0.273. The molecule has 2 nitrogen and oxygen atoms in total. The Kier molecular flexibility index (Phi) is 2.44. The van der Waals surface area contributed by atoms with Crippen LogP contribution in [0.3, 0.4) is 0 Å². The van der Waals surface area contributed by atoms with Crippen molar-refractivity contribution in [2.75, 3.05) is 0 Å². The van der Waals surface area contributed by atoms with Gasteiger partial charge in [-0.2, -0.15) is 11.3 Å². The minimum absolute atomic E-state index is 0.130. The molecule has 2 aromatic heterocycles. The highest BCUT2D eigenvalue weighted by molar-refractivity contribution is 7.08. The lowest BCUT2D eigenvalue weighted by Gasteiger charge is -2.07. The minimum atomic E-state index is -0.130. The molecule has 2 aromatic rings. The van der Waals surface area contributed by atoms with Crippen molar-refractivity contribution < 1.29 is 4.42 Å². The molecule has 0 fully saturated rings. The zero-order chi connectivity index (χ0) is 10.1. The topological polar surface area (TPSA) is 39.2 Å². The average molecular weight is 207 g/mol. The number of furan rings is 1. The first kappa shape index (κ1) is 9.49. The van der Waals surface area contributed by atoms with Crippen LogP contribution in [0.1, 0.15) is 28.7 Å². The van der Waals surface area contributed by atoms with Crippen LogP contribution in [0.15, 0.2) is 27.3 Å². The summed E-state index contributed by atoms with van der Waals surface area (Å²) >= 11 is 1.67. The Bertz CT molecular complexity index is 430. The highest BCUT2D eigenvalue weighted by Gasteiger charge is 2.14. The van der Waals surface area contributed by atoms with Crippen LogP contribution in [-0.4, -0.2) is 0 Å². The quantitative estimate of drug-likeness (QED) is 0.822. The van der Waals surface area contributed by atoms with Crippen molar-refractivity contribution in [3.05, 3.63) is 45.5 Å².